The Bertz CT molecular complexity index is 1560. The van der Waals surface area contributed by atoms with Crippen molar-refractivity contribution in [1.29, 1.82) is 0 Å². The number of carbonyl (C=O) groups excluding carboxylic acids is 2. The van der Waals surface area contributed by atoms with Gasteiger partial charge < -0.3 is 30.6 Å². The van der Waals surface area contributed by atoms with E-state index in [0.717, 1.165) is 35.0 Å². The average Bonchev–Trinajstić information content (AvgIpc) is 3.22. The molecule has 0 bridgehead atoms. The van der Waals surface area contributed by atoms with E-state index in [1.807, 2.05) is 53.1 Å². The van der Waals surface area contributed by atoms with Gasteiger partial charge in [-0.1, -0.05) is 47.1 Å². The smallest absolute Gasteiger partial charge is 0.326 e. The number of amides is 2. The molecule has 202 valence electrons. The van der Waals surface area contributed by atoms with Crippen molar-refractivity contribution in [2.75, 3.05) is 0 Å². The highest BCUT2D eigenvalue weighted by Gasteiger charge is 2.45. The number of para-hydroxylation sites is 1. The van der Waals surface area contributed by atoms with E-state index in [-0.39, 0.29) is 11.8 Å². The van der Waals surface area contributed by atoms with Crippen LogP contribution in [0.3, 0.4) is 0 Å². The van der Waals surface area contributed by atoms with Crippen molar-refractivity contribution in [3.05, 3.63) is 65.0 Å². The number of fused-ring (bicyclic) bond motifs is 1. The third-order valence-corrected chi connectivity index (χ3v) is 7.12. The topological polar surface area (TPSA) is 165 Å². The monoisotopic (exact) mass is 550 g/mol. The SMILES string of the molecule is Cc1nc(-c2c(Cl)c3ccccc3n2-c2ccc(CNC(=O)C3(N)CC3)cc2)no1.O=C1CCC(C(=O)O)N1. The summed E-state index contributed by atoms with van der Waals surface area (Å²) in [4.78, 5) is 37.0. The van der Waals surface area contributed by atoms with Crippen LogP contribution in [0.15, 0.2) is 53.1 Å². The van der Waals surface area contributed by atoms with E-state index in [1.165, 1.54) is 0 Å². The Morgan fingerprint density at radius 2 is 1.95 bits per heavy atom. The molecule has 11 nitrogen and oxygen atoms in total. The summed E-state index contributed by atoms with van der Waals surface area (Å²) in [6, 6.07) is 15.1. The lowest BCUT2D eigenvalue weighted by Gasteiger charge is -2.12. The van der Waals surface area contributed by atoms with Crippen molar-refractivity contribution >= 4 is 40.3 Å². The Balaban J connectivity index is 0.000000292. The van der Waals surface area contributed by atoms with Gasteiger partial charge in [-0.25, -0.2) is 4.79 Å². The molecule has 1 unspecified atom stereocenters. The maximum atomic E-state index is 12.1. The van der Waals surface area contributed by atoms with Crippen LogP contribution in [0.1, 0.15) is 37.1 Å². The fourth-order valence-electron chi connectivity index (χ4n) is 4.34. The average molecular weight is 551 g/mol. The molecule has 1 aliphatic heterocycles. The zero-order valence-corrected chi connectivity index (χ0v) is 21.9. The number of hydrogen-bond acceptors (Lipinski definition) is 7. The highest BCUT2D eigenvalue weighted by Crippen LogP contribution is 2.38. The molecule has 5 N–H and O–H groups in total. The first-order valence-electron chi connectivity index (χ1n) is 12.4. The number of aromatic nitrogens is 3. The van der Waals surface area contributed by atoms with Crippen LogP contribution >= 0.6 is 11.6 Å². The number of aryl methyl sites for hydroxylation is 1. The number of aliphatic carboxylic acids is 1. The summed E-state index contributed by atoms with van der Waals surface area (Å²) in [5.41, 5.74) is 8.78. The van der Waals surface area contributed by atoms with Gasteiger partial charge in [0.2, 0.25) is 23.5 Å². The molecule has 4 aromatic rings. The van der Waals surface area contributed by atoms with E-state index in [0.29, 0.717) is 41.8 Å². The molecule has 1 aliphatic carbocycles. The zero-order chi connectivity index (χ0) is 27.7. The van der Waals surface area contributed by atoms with E-state index in [9.17, 15) is 14.4 Å². The van der Waals surface area contributed by atoms with E-state index in [1.54, 1.807) is 6.92 Å². The van der Waals surface area contributed by atoms with Crippen LogP contribution < -0.4 is 16.4 Å². The number of carboxylic acid groups (broad SMARTS) is 1. The van der Waals surface area contributed by atoms with Gasteiger partial charge in [-0.2, -0.15) is 4.98 Å². The number of carboxylic acids is 1. The molecule has 2 amide bonds. The molecule has 0 radical (unpaired) electrons. The largest absolute Gasteiger partial charge is 0.480 e. The first kappa shape index (κ1) is 26.4. The summed E-state index contributed by atoms with van der Waals surface area (Å²) in [5, 5.41) is 19.1. The Morgan fingerprint density at radius 3 is 2.51 bits per heavy atom. The first-order valence-corrected chi connectivity index (χ1v) is 12.8. The Morgan fingerprint density at radius 1 is 1.23 bits per heavy atom. The van der Waals surface area contributed by atoms with Crippen molar-refractivity contribution in [2.45, 2.75) is 50.7 Å². The minimum absolute atomic E-state index is 0.0930. The van der Waals surface area contributed by atoms with Crippen LogP contribution in [0.2, 0.25) is 5.02 Å². The summed E-state index contributed by atoms with van der Waals surface area (Å²) < 4.78 is 7.20. The van der Waals surface area contributed by atoms with Crippen molar-refractivity contribution < 1.29 is 24.0 Å². The van der Waals surface area contributed by atoms with Crippen LogP contribution in [0.5, 0.6) is 0 Å². The molecule has 1 saturated carbocycles. The molecule has 12 heteroatoms. The Hall–Kier alpha value is -4.22. The van der Waals surface area contributed by atoms with Gasteiger partial charge in [0.05, 0.1) is 16.1 Å². The fraction of sp³-hybridized carbons (Fsp3) is 0.296. The molecular formula is C27H27ClN6O5. The lowest BCUT2D eigenvalue weighted by molar-refractivity contribution is -0.140. The molecule has 2 aromatic heterocycles. The highest BCUT2D eigenvalue weighted by atomic mass is 35.5. The second-order valence-corrected chi connectivity index (χ2v) is 10.0. The normalized spacial score (nSPS) is 17.3. The number of carbonyl (C=O) groups is 3. The fourth-order valence-corrected chi connectivity index (χ4v) is 4.67. The lowest BCUT2D eigenvalue weighted by atomic mass is 10.2. The zero-order valence-electron chi connectivity index (χ0n) is 21.1. The summed E-state index contributed by atoms with van der Waals surface area (Å²) in [6.07, 6.45) is 2.26. The third-order valence-electron chi connectivity index (χ3n) is 6.73. The van der Waals surface area contributed by atoms with Crippen molar-refractivity contribution in [1.82, 2.24) is 25.3 Å². The molecule has 6 rings (SSSR count). The van der Waals surface area contributed by atoms with Gasteiger partial charge in [0, 0.05) is 31.0 Å². The van der Waals surface area contributed by atoms with Crippen molar-refractivity contribution in [3.63, 3.8) is 0 Å². The number of nitrogens with two attached hydrogens (primary N) is 1. The molecule has 1 saturated heterocycles. The maximum Gasteiger partial charge on any atom is 0.326 e. The quantitative estimate of drug-likeness (QED) is 0.284. The number of nitrogens with one attached hydrogen (secondary N) is 2. The molecule has 2 aliphatic rings. The Labute approximate surface area is 228 Å². The highest BCUT2D eigenvalue weighted by molar-refractivity contribution is 6.38. The number of nitrogens with zero attached hydrogens (tertiary/aromatic N) is 3. The van der Waals surface area contributed by atoms with Gasteiger partial charge in [-0.3, -0.25) is 9.59 Å². The van der Waals surface area contributed by atoms with Crippen LogP contribution in [0, 0.1) is 6.92 Å². The molecule has 3 heterocycles. The molecule has 1 atom stereocenters. The molecule has 0 spiro atoms. The number of benzene rings is 2. The number of halogens is 1. The minimum atomic E-state index is -0.944. The predicted molar refractivity (Wildman–Crippen MR) is 143 cm³/mol. The standard InChI is InChI=1S/C22H20ClN5O2.C5H7NO3/c1-13-26-20(27-30-13)19-18(23)16-4-2-3-5-17(16)28(19)15-8-6-14(7-9-15)12-25-21(29)22(24)10-11-22;7-4-2-1-3(6-4)5(8)9/h2-9H,10-12,24H2,1H3,(H,25,29);3H,1-2H2,(H,6,7)(H,8,9). The Kier molecular flexibility index (Phi) is 7.11. The predicted octanol–water partition coefficient (Wildman–Crippen LogP) is 3.10. The van der Waals surface area contributed by atoms with Gasteiger partial charge >= 0.3 is 5.97 Å². The molecule has 2 aromatic carbocycles. The summed E-state index contributed by atoms with van der Waals surface area (Å²) in [5.74, 6) is -0.298. The van der Waals surface area contributed by atoms with Crippen molar-refractivity contribution in [2.24, 2.45) is 5.73 Å². The summed E-state index contributed by atoms with van der Waals surface area (Å²) in [6.45, 7) is 2.18. The molecule has 2 fully saturated rings. The first-order chi connectivity index (χ1) is 18.7. The lowest BCUT2D eigenvalue weighted by Crippen LogP contribution is -2.42. The van der Waals surface area contributed by atoms with Gasteiger partial charge in [-0.05, 0) is 43.0 Å². The van der Waals surface area contributed by atoms with Gasteiger partial charge in [0.15, 0.2) is 0 Å². The van der Waals surface area contributed by atoms with Gasteiger partial charge in [0.25, 0.3) is 0 Å². The van der Waals surface area contributed by atoms with Crippen LogP contribution in [0.4, 0.5) is 0 Å². The van der Waals surface area contributed by atoms with Gasteiger partial charge in [-0.15, -0.1) is 0 Å². The summed E-state index contributed by atoms with van der Waals surface area (Å²) in [7, 11) is 0. The van der Waals surface area contributed by atoms with E-state index in [2.05, 4.69) is 20.8 Å². The van der Waals surface area contributed by atoms with Gasteiger partial charge in [0.1, 0.15) is 11.7 Å². The second-order valence-electron chi connectivity index (χ2n) is 9.65. The summed E-state index contributed by atoms with van der Waals surface area (Å²) >= 11 is 6.72. The molecular weight excluding hydrogens is 524 g/mol. The third kappa shape index (κ3) is 5.50. The van der Waals surface area contributed by atoms with E-state index >= 15 is 0 Å². The van der Waals surface area contributed by atoms with Crippen LogP contribution in [0.25, 0.3) is 28.1 Å². The second kappa shape index (κ2) is 10.5. The minimum Gasteiger partial charge on any atom is -0.480 e. The maximum absolute atomic E-state index is 12.1. The molecule has 39 heavy (non-hydrogen) atoms. The van der Waals surface area contributed by atoms with Crippen molar-refractivity contribution in [3.8, 4) is 17.2 Å². The van der Waals surface area contributed by atoms with E-state index in [4.69, 9.17) is 27.0 Å². The number of rotatable bonds is 6. The van der Waals surface area contributed by atoms with Crippen LogP contribution in [-0.4, -0.2) is 49.2 Å². The number of hydrogen-bond donors (Lipinski definition) is 4. The van der Waals surface area contributed by atoms with Crippen LogP contribution in [-0.2, 0) is 20.9 Å². The van der Waals surface area contributed by atoms with E-state index < -0.39 is 17.6 Å².